The van der Waals surface area contributed by atoms with E-state index in [4.69, 9.17) is 5.26 Å². The van der Waals surface area contributed by atoms with Gasteiger partial charge in [0.25, 0.3) is 0 Å². The fourth-order valence-corrected chi connectivity index (χ4v) is 4.11. The summed E-state index contributed by atoms with van der Waals surface area (Å²) in [5.41, 5.74) is 0. The van der Waals surface area contributed by atoms with Crippen LogP contribution in [-0.2, 0) is 10.0 Å². The Hall–Kier alpha value is -0.970. The Labute approximate surface area is 121 Å². The normalized spacial score (nSPS) is 13.3. The molecule has 0 aliphatic heterocycles. The van der Waals surface area contributed by atoms with Crippen molar-refractivity contribution >= 4 is 26.0 Å². The number of nitrogens with zero attached hydrogens (tertiary/aromatic N) is 2. The van der Waals surface area contributed by atoms with E-state index in [2.05, 4.69) is 15.9 Å². The number of rotatable bonds is 5. The van der Waals surface area contributed by atoms with Crippen LogP contribution in [0.25, 0.3) is 0 Å². The van der Waals surface area contributed by atoms with E-state index in [1.165, 1.54) is 10.4 Å². The minimum atomic E-state index is -3.74. The number of hydrogen-bond acceptors (Lipinski definition) is 3. The van der Waals surface area contributed by atoms with Gasteiger partial charge < -0.3 is 0 Å². The van der Waals surface area contributed by atoms with Gasteiger partial charge in [-0.05, 0) is 41.1 Å². The van der Waals surface area contributed by atoms with Crippen LogP contribution in [0.1, 0.15) is 13.8 Å². The largest absolute Gasteiger partial charge is 0.244 e. The summed E-state index contributed by atoms with van der Waals surface area (Å²) in [5, 5.41) is 8.78. The monoisotopic (exact) mass is 348 g/mol. The maximum Gasteiger partial charge on any atom is 0.244 e. The predicted molar refractivity (Wildman–Crippen MR) is 73.3 cm³/mol. The molecule has 0 saturated carbocycles. The van der Waals surface area contributed by atoms with Crippen molar-refractivity contribution in [1.29, 1.82) is 5.26 Å². The Morgan fingerprint density at radius 2 is 2.16 bits per heavy atom. The second-order valence-corrected chi connectivity index (χ2v) is 6.82. The molecule has 0 N–H and O–H groups in total. The maximum absolute atomic E-state index is 13.0. The molecule has 1 aromatic carbocycles. The summed E-state index contributed by atoms with van der Waals surface area (Å²) in [7, 11) is -3.74. The first-order chi connectivity index (χ1) is 8.82. The van der Waals surface area contributed by atoms with Crippen LogP contribution in [-0.4, -0.2) is 25.8 Å². The molecule has 4 nitrogen and oxygen atoms in total. The molecule has 0 spiro atoms. The van der Waals surface area contributed by atoms with Crippen LogP contribution in [0.15, 0.2) is 27.6 Å². The highest BCUT2D eigenvalue weighted by molar-refractivity contribution is 9.10. The topological polar surface area (TPSA) is 61.2 Å². The third-order valence-electron chi connectivity index (χ3n) is 2.56. The molecule has 7 heteroatoms. The van der Waals surface area contributed by atoms with E-state index in [1.54, 1.807) is 13.8 Å². The molecule has 104 valence electrons. The maximum atomic E-state index is 13.0. The lowest BCUT2D eigenvalue weighted by Crippen LogP contribution is -2.34. The number of benzene rings is 1. The molecule has 0 saturated heterocycles. The Bertz CT molecular complexity index is 598. The van der Waals surface area contributed by atoms with Crippen molar-refractivity contribution in [2.24, 2.45) is 5.92 Å². The molecule has 1 aromatic rings. The molecule has 0 bridgehead atoms. The summed E-state index contributed by atoms with van der Waals surface area (Å²) in [6, 6.07) is 5.42. The van der Waals surface area contributed by atoms with Crippen molar-refractivity contribution in [3.8, 4) is 6.07 Å². The zero-order valence-electron chi connectivity index (χ0n) is 10.6. The third kappa shape index (κ3) is 3.75. The van der Waals surface area contributed by atoms with Crippen molar-refractivity contribution in [2.45, 2.75) is 18.7 Å². The van der Waals surface area contributed by atoms with Gasteiger partial charge in [-0.3, -0.25) is 0 Å². The van der Waals surface area contributed by atoms with Gasteiger partial charge in [0.1, 0.15) is 5.82 Å². The van der Waals surface area contributed by atoms with Crippen LogP contribution < -0.4 is 0 Å². The third-order valence-corrected chi connectivity index (χ3v) is 5.48. The van der Waals surface area contributed by atoms with Gasteiger partial charge in [0.05, 0.1) is 16.9 Å². The Kier molecular flexibility index (Phi) is 5.47. The van der Waals surface area contributed by atoms with Gasteiger partial charge in [-0.25, -0.2) is 12.8 Å². The molecule has 0 heterocycles. The summed E-state index contributed by atoms with van der Waals surface area (Å²) in [6.45, 7) is 3.70. The van der Waals surface area contributed by atoms with E-state index in [1.807, 2.05) is 6.07 Å². The first kappa shape index (κ1) is 16.1. The molecule has 1 rings (SSSR count). The molecule has 19 heavy (non-hydrogen) atoms. The van der Waals surface area contributed by atoms with E-state index in [-0.39, 0.29) is 22.5 Å². The molecule has 0 amide bonds. The molecule has 0 aliphatic carbocycles. The molecular formula is C12H14BrFN2O2S. The zero-order valence-corrected chi connectivity index (χ0v) is 13.0. The molecule has 0 radical (unpaired) electrons. The minimum Gasteiger partial charge on any atom is -0.207 e. The van der Waals surface area contributed by atoms with Crippen molar-refractivity contribution in [3.63, 3.8) is 0 Å². The number of nitriles is 1. The van der Waals surface area contributed by atoms with Gasteiger partial charge in [0, 0.05) is 17.6 Å². The molecule has 0 aromatic heterocycles. The summed E-state index contributed by atoms with van der Waals surface area (Å²) in [5.74, 6) is -0.923. The van der Waals surface area contributed by atoms with E-state index >= 15 is 0 Å². The second-order valence-electron chi connectivity index (χ2n) is 4.06. The average Bonchev–Trinajstić information content (AvgIpc) is 2.34. The van der Waals surface area contributed by atoms with Crippen molar-refractivity contribution in [2.75, 3.05) is 13.1 Å². The van der Waals surface area contributed by atoms with Crippen LogP contribution in [0.2, 0.25) is 0 Å². The predicted octanol–water partition coefficient (Wildman–Crippen LogP) is 2.76. The first-order valence-corrected chi connectivity index (χ1v) is 7.91. The SMILES string of the molecule is CCN(CC(C)C#N)S(=O)(=O)c1ccc(F)cc1Br. The lowest BCUT2D eigenvalue weighted by molar-refractivity contribution is 0.399. The average molecular weight is 349 g/mol. The number of sulfonamides is 1. The van der Waals surface area contributed by atoms with Crippen molar-refractivity contribution in [3.05, 3.63) is 28.5 Å². The fraction of sp³-hybridized carbons (Fsp3) is 0.417. The molecular weight excluding hydrogens is 335 g/mol. The van der Waals surface area contributed by atoms with Crippen LogP contribution in [0.3, 0.4) is 0 Å². The molecule has 0 fully saturated rings. The van der Waals surface area contributed by atoms with Gasteiger partial charge in [0.2, 0.25) is 10.0 Å². The van der Waals surface area contributed by atoms with Crippen LogP contribution in [0.5, 0.6) is 0 Å². The Morgan fingerprint density at radius 1 is 1.53 bits per heavy atom. The van der Waals surface area contributed by atoms with Crippen LogP contribution >= 0.6 is 15.9 Å². The van der Waals surface area contributed by atoms with E-state index in [9.17, 15) is 12.8 Å². The molecule has 1 unspecified atom stereocenters. The highest BCUT2D eigenvalue weighted by atomic mass is 79.9. The summed E-state index contributed by atoms with van der Waals surface area (Å²) in [6.07, 6.45) is 0. The lowest BCUT2D eigenvalue weighted by Gasteiger charge is -2.22. The number of hydrogen-bond donors (Lipinski definition) is 0. The fourth-order valence-electron chi connectivity index (χ4n) is 1.57. The molecule has 0 aliphatic rings. The van der Waals surface area contributed by atoms with Gasteiger partial charge in [-0.15, -0.1) is 0 Å². The van der Waals surface area contributed by atoms with Gasteiger partial charge in [0.15, 0.2) is 0 Å². The summed E-state index contributed by atoms with van der Waals surface area (Å²) < 4.78 is 39.2. The lowest BCUT2D eigenvalue weighted by atomic mass is 10.2. The minimum absolute atomic E-state index is 0.000824. The second kappa shape index (κ2) is 6.46. The standard InChI is InChI=1S/C12H14BrFN2O2S/c1-3-16(8-9(2)7-15)19(17,18)12-5-4-10(14)6-11(12)13/h4-6,9H,3,8H2,1-2H3. The number of halogens is 2. The Morgan fingerprint density at radius 3 is 2.63 bits per heavy atom. The van der Waals surface area contributed by atoms with Gasteiger partial charge in [-0.1, -0.05) is 6.92 Å². The van der Waals surface area contributed by atoms with E-state index in [0.717, 1.165) is 12.1 Å². The van der Waals surface area contributed by atoms with Crippen molar-refractivity contribution in [1.82, 2.24) is 4.31 Å². The molecule has 1 atom stereocenters. The van der Waals surface area contributed by atoms with Crippen LogP contribution in [0, 0.1) is 23.1 Å². The highest BCUT2D eigenvalue weighted by Gasteiger charge is 2.26. The van der Waals surface area contributed by atoms with Gasteiger partial charge >= 0.3 is 0 Å². The quantitative estimate of drug-likeness (QED) is 0.821. The zero-order chi connectivity index (χ0) is 14.6. The summed E-state index contributed by atoms with van der Waals surface area (Å²) in [4.78, 5) is 0.000824. The van der Waals surface area contributed by atoms with Crippen molar-refractivity contribution < 1.29 is 12.8 Å². The van der Waals surface area contributed by atoms with Gasteiger partial charge in [-0.2, -0.15) is 9.57 Å². The van der Waals surface area contributed by atoms with E-state index < -0.39 is 21.8 Å². The van der Waals surface area contributed by atoms with E-state index in [0.29, 0.717) is 0 Å². The smallest absolute Gasteiger partial charge is 0.207 e. The Balaban J connectivity index is 3.18. The van der Waals surface area contributed by atoms with Crippen LogP contribution in [0.4, 0.5) is 4.39 Å². The summed E-state index contributed by atoms with van der Waals surface area (Å²) >= 11 is 3.05. The first-order valence-electron chi connectivity index (χ1n) is 5.67. The highest BCUT2D eigenvalue weighted by Crippen LogP contribution is 2.26.